The molecule has 1 atom stereocenters. The number of allylic oxidation sites excluding steroid dienone is 4. The van der Waals surface area contributed by atoms with E-state index in [4.69, 9.17) is 0 Å². The molecular formula is C85H63N3. The molecule has 0 N–H and O–H groups in total. The van der Waals surface area contributed by atoms with Crippen LogP contribution in [0.25, 0.3) is 61.2 Å². The Morgan fingerprint density at radius 3 is 1.05 bits per heavy atom. The molecule has 0 amide bonds. The number of para-hydroxylation sites is 3. The third kappa shape index (κ3) is 9.42. The van der Waals surface area contributed by atoms with Crippen LogP contribution in [0.4, 0.5) is 51.2 Å². The molecule has 0 fully saturated rings. The van der Waals surface area contributed by atoms with E-state index in [-0.39, 0.29) is 0 Å². The van der Waals surface area contributed by atoms with Gasteiger partial charge >= 0.3 is 0 Å². The van der Waals surface area contributed by atoms with E-state index in [1.807, 2.05) is 0 Å². The molecule has 2 aliphatic rings. The summed E-state index contributed by atoms with van der Waals surface area (Å²) in [6.45, 7) is 4.18. The maximum Gasteiger partial charge on any atom is 0.0726 e. The van der Waals surface area contributed by atoms with Crippen molar-refractivity contribution in [1.82, 2.24) is 0 Å². The van der Waals surface area contributed by atoms with E-state index in [9.17, 15) is 0 Å². The number of hydrogen-bond acceptors (Lipinski definition) is 3. The Morgan fingerprint density at radius 2 is 0.591 bits per heavy atom. The number of benzene rings is 13. The number of fused-ring (bicyclic) bond motifs is 10. The molecule has 0 bridgehead atoms. The molecule has 0 saturated carbocycles. The van der Waals surface area contributed by atoms with Gasteiger partial charge in [0.25, 0.3) is 0 Å². The zero-order chi connectivity index (χ0) is 59.0. The van der Waals surface area contributed by atoms with Crippen LogP contribution in [0.1, 0.15) is 41.7 Å². The first-order chi connectivity index (χ1) is 43.5. The maximum absolute atomic E-state index is 2.52. The van der Waals surface area contributed by atoms with Gasteiger partial charge in [0.2, 0.25) is 0 Å². The van der Waals surface area contributed by atoms with Crippen molar-refractivity contribution in [3.05, 3.63) is 374 Å². The van der Waals surface area contributed by atoms with Gasteiger partial charge in [-0.1, -0.05) is 237 Å². The van der Waals surface area contributed by atoms with Crippen LogP contribution in [0.5, 0.6) is 0 Å². The highest BCUT2D eigenvalue weighted by Gasteiger charge is 2.52. The van der Waals surface area contributed by atoms with Gasteiger partial charge in [-0.05, 0) is 212 Å². The molecular weight excluding hydrogens is 1060 g/mol. The summed E-state index contributed by atoms with van der Waals surface area (Å²) in [7, 11) is 0. The van der Waals surface area contributed by atoms with Crippen molar-refractivity contribution in [2.75, 3.05) is 14.7 Å². The van der Waals surface area contributed by atoms with Crippen molar-refractivity contribution in [3.8, 4) is 55.6 Å². The van der Waals surface area contributed by atoms with Crippen LogP contribution in [0.3, 0.4) is 0 Å². The minimum absolute atomic E-state index is 0.642. The second kappa shape index (κ2) is 23.0. The van der Waals surface area contributed by atoms with E-state index < -0.39 is 5.41 Å². The van der Waals surface area contributed by atoms with Gasteiger partial charge in [-0.15, -0.1) is 0 Å². The van der Waals surface area contributed by atoms with Gasteiger partial charge in [0.15, 0.2) is 0 Å². The number of hydrogen-bond donors (Lipinski definition) is 0. The number of nitrogens with zero attached hydrogens (tertiary/aromatic N) is 3. The molecule has 1 spiro atoms. The van der Waals surface area contributed by atoms with Crippen LogP contribution in [-0.4, -0.2) is 0 Å². The fourth-order valence-electron chi connectivity index (χ4n) is 13.7. The second-order valence-corrected chi connectivity index (χ2v) is 22.7. The number of rotatable bonds is 14. The molecule has 0 saturated heterocycles. The van der Waals surface area contributed by atoms with Crippen LogP contribution in [-0.2, 0) is 5.41 Å². The Hall–Kier alpha value is -11.3. The summed E-state index contributed by atoms with van der Waals surface area (Å²) in [6.07, 6.45) is 6.46. The average Bonchev–Trinajstić information content (AvgIpc) is 1.51. The van der Waals surface area contributed by atoms with Crippen LogP contribution >= 0.6 is 0 Å². The average molecular weight is 1130 g/mol. The van der Waals surface area contributed by atoms with Crippen LogP contribution in [0, 0.1) is 0 Å². The predicted octanol–water partition coefficient (Wildman–Crippen LogP) is 23.4. The smallest absolute Gasteiger partial charge is 0.0726 e. The molecule has 3 nitrogen and oxygen atoms in total. The first kappa shape index (κ1) is 53.5. The van der Waals surface area contributed by atoms with Gasteiger partial charge in [-0.3, -0.25) is 0 Å². The van der Waals surface area contributed by atoms with Crippen molar-refractivity contribution in [2.45, 2.75) is 19.3 Å². The van der Waals surface area contributed by atoms with E-state index in [1.165, 1.54) is 77.9 Å². The number of anilines is 9. The Balaban J connectivity index is 0.947. The van der Waals surface area contributed by atoms with Gasteiger partial charge in [-0.25, -0.2) is 0 Å². The van der Waals surface area contributed by atoms with Crippen molar-refractivity contribution in [2.24, 2.45) is 0 Å². The summed E-state index contributed by atoms with van der Waals surface area (Å²) in [6, 6.07) is 121. The molecule has 13 aromatic rings. The van der Waals surface area contributed by atoms with Gasteiger partial charge in [0, 0.05) is 51.2 Å². The third-order valence-electron chi connectivity index (χ3n) is 17.7. The highest BCUT2D eigenvalue weighted by Crippen LogP contribution is 2.64. The molecule has 0 aromatic heterocycles. The second-order valence-electron chi connectivity index (χ2n) is 22.7. The van der Waals surface area contributed by atoms with E-state index in [0.717, 1.165) is 62.3 Å². The highest BCUT2D eigenvalue weighted by atomic mass is 15.2. The Morgan fingerprint density at radius 1 is 0.250 bits per heavy atom. The zero-order valence-corrected chi connectivity index (χ0v) is 49.3. The Labute approximate surface area is 517 Å². The summed E-state index contributed by atoms with van der Waals surface area (Å²) in [4.78, 5) is 7.23. The van der Waals surface area contributed by atoms with Crippen LogP contribution in [0.2, 0.25) is 0 Å². The highest BCUT2D eigenvalue weighted by molar-refractivity contribution is 5.98. The minimum Gasteiger partial charge on any atom is -0.310 e. The lowest BCUT2D eigenvalue weighted by molar-refractivity contribution is 0.794. The van der Waals surface area contributed by atoms with Gasteiger partial charge in [0.1, 0.15) is 0 Å². The van der Waals surface area contributed by atoms with Crippen molar-refractivity contribution in [3.63, 3.8) is 0 Å². The third-order valence-corrected chi connectivity index (χ3v) is 17.7. The van der Waals surface area contributed by atoms with Crippen LogP contribution in [0.15, 0.2) is 346 Å². The quantitative estimate of drug-likeness (QED) is 0.101. The lowest BCUT2D eigenvalue weighted by Gasteiger charge is -2.33. The van der Waals surface area contributed by atoms with Gasteiger partial charge in [-0.2, -0.15) is 0 Å². The molecule has 15 rings (SSSR count). The topological polar surface area (TPSA) is 9.72 Å². The lowest BCUT2D eigenvalue weighted by Crippen LogP contribution is -2.26. The SMILES string of the molecule is C/C=C\C(=C/C)c1ccc(N(c2ccccc2)c2cc(-c3ccc4c(c3)C3(c5ccccc5-4)c4ccccc4-c4ccc(N(c5ccccc5)c5ccc(-c6ccccc6)cc5)cc43)cc(N(c3ccccc3)c3ccc(-c4ccccc4)cc3)c2)cc1. The molecule has 0 aliphatic heterocycles. The predicted molar refractivity (Wildman–Crippen MR) is 372 cm³/mol. The molecule has 0 radical (unpaired) electrons. The first-order valence-corrected chi connectivity index (χ1v) is 30.5. The Kier molecular flexibility index (Phi) is 14.0. The van der Waals surface area contributed by atoms with Gasteiger partial charge in [0.05, 0.1) is 5.41 Å². The molecule has 3 heteroatoms. The normalized spacial score (nSPS) is 13.6. The molecule has 418 valence electrons. The summed E-state index contributed by atoms with van der Waals surface area (Å²) in [5.41, 5.74) is 28.4. The Bertz CT molecular complexity index is 4700. The molecule has 88 heavy (non-hydrogen) atoms. The summed E-state index contributed by atoms with van der Waals surface area (Å²) >= 11 is 0. The van der Waals surface area contributed by atoms with Crippen LogP contribution < -0.4 is 14.7 Å². The summed E-state index contributed by atoms with van der Waals surface area (Å²) < 4.78 is 0. The lowest BCUT2D eigenvalue weighted by atomic mass is 9.70. The standard InChI is InChI=1S/C85H63N3/c1-3-24-60(4-2)63-39-46-72(47-40-63)87(69-31-16-8-17-32-69)75-55-67(56-76(58-75)88(70-33-18-9-19-34-70)73-50-43-65(44-51-73)62-27-12-6-13-28-62)66-45-53-79-77-35-20-22-37-81(77)85(83(79)57-66)82-38-23-21-36-78(82)80-54-52-74(59-84(80)85)86(68-29-14-7-15-30-68)71-48-41-64(42-49-71)61-25-10-5-11-26-61/h3-59H,1-2H3/b24-3-,60-4+. The van der Waals surface area contributed by atoms with Crippen molar-refractivity contribution in [1.29, 1.82) is 0 Å². The molecule has 1 unspecified atom stereocenters. The monoisotopic (exact) mass is 1130 g/mol. The van der Waals surface area contributed by atoms with E-state index in [0.29, 0.717) is 0 Å². The summed E-state index contributed by atoms with van der Waals surface area (Å²) in [5.74, 6) is 0. The van der Waals surface area contributed by atoms with Gasteiger partial charge < -0.3 is 14.7 Å². The zero-order valence-electron chi connectivity index (χ0n) is 49.3. The van der Waals surface area contributed by atoms with E-state index in [1.54, 1.807) is 0 Å². The molecule has 0 heterocycles. The molecule has 13 aromatic carbocycles. The summed E-state index contributed by atoms with van der Waals surface area (Å²) in [5, 5.41) is 0. The van der Waals surface area contributed by atoms with E-state index in [2.05, 4.69) is 374 Å². The van der Waals surface area contributed by atoms with E-state index >= 15 is 0 Å². The fraction of sp³-hybridized carbons (Fsp3) is 0.0353. The fourth-order valence-corrected chi connectivity index (χ4v) is 13.7. The molecule has 2 aliphatic carbocycles. The minimum atomic E-state index is -0.642. The first-order valence-electron chi connectivity index (χ1n) is 30.5. The van der Waals surface area contributed by atoms with Crippen molar-refractivity contribution >= 4 is 56.8 Å². The largest absolute Gasteiger partial charge is 0.310 e. The van der Waals surface area contributed by atoms with Crippen molar-refractivity contribution < 1.29 is 0 Å². The maximum atomic E-state index is 2.52.